The number of rotatable bonds is 4. The molecule has 78 valence electrons. The van der Waals surface area contributed by atoms with Gasteiger partial charge in [-0.1, -0.05) is 6.92 Å². The van der Waals surface area contributed by atoms with Crippen LogP contribution in [0.15, 0.2) is 0 Å². The largest absolute Gasteiger partial charge is 0.481 e. The first kappa shape index (κ1) is 10.6. The molecule has 0 radical (unpaired) electrons. The maximum absolute atomic E-state index is 5.11. The van der Waals surface area contributed by atoms with Crippen molar-refractivity contribution in [2.45, 2.75) is 13.3 Å². The maximum Gasteiger partial charge on any atom is 0.322 e. The summed E-state index contributed by atoms with van der Waals surface area (Å²) in [5, 5.41) is 0. The summed E-state index contributed by atoms with van der Waals surface area (Å²) >= 11 is 0. The molecule has 1 aromatic heterocycles. The summed E-state index contributed by atoms with van der Waals surface area (Å²) < 4.78 is 15.1. The van der Waals surface area contributed by atoms with E-state index in [0.717, 1.165) is 12.0 Å². The second-order valence-corrected chi connectivity index (χ2v) is 2.56. The van der Waals surface area contributed by atoms with Crippen LogP contribution >= 0.6 is 0 Å². The van der Waals surface area contributed by atoms with Gasteiger partial charge in [0.25, 0.3) is 0 Å². The van der Waals surface area contributed by atoms with Crippen LogP contribution in [0.5, 0.6) is 17.8 Å². The highest BCUT2D eigenvalue weighted by molar-refractivity contribution is 5.36. The second-order valence-electron chi connectivity index (χ2n) is 2.56. The quantitative estimate of drug-likeness (QED) is 0.724. The lowest BCUT2D eigenvalue weighted by molar-refractivity contribution is 0.324. The Kier molecular flexibility index (Phi) is 3.50. The Morgan fingerprint density at radius 3 is 1.71 bits per heavy atom. The molecule has 5 nitrogen and oxygen atoms in total. The van der Waals surface area contributed by atoms with Crippen LogP contribution in [0.4, 0.5) is 0 Å². The molecule has 0 saturated carbocycles. The standard InChI is InChI=1S/C9H14N2O3/c1-5-6-7(12-2)10-9(14-4)11-8(6)13-3/h5H2,1-4H3. The topological polar surface area (TPSA) is 53.5 Å². The molecule has 0 unspecified atom stereocenters. The fraction of sp³-hybridized carbons (Fsp3) is 0.556. The Hall–Kier alpha value is -1.52. The van der Waals surface area contributed by atoms with Gasteiger partial charge < -0.3 is 14.2 Å². The van der Waals surface area contributed by atoms with Gasteiger partial charge in [0.05, 0.1) is 26.9 Å². The highest BCUT2D eigenvalue weighted by Gasteiger charge is 2.14. The average Bonchev–Trinajstić information content (AvgIpc) is 2.26. The van der Waals surface area contributed by atoms with Gasteiger partial charge in [-0.3, -0.25) is 0 Å². The zero-order valence-corrected chi connectivity index (χ0v) is 8.83. The Morgan fingerprint density at radius 2 is 1.43 bits per heavy atom. The molecule has 0 aliphatic heterocycles. The van der Waals surface area contributed by atoms with Crippen LogP contribution in [-0.2, 0) is 6.42 Å². The van der Waals surface area contributed by atoms with Crippen molar-refractivity contribution in [1.82, 2.24) is 9.97 Å². The van der Waals surface area contributed by atoms with Crippen LogP contribution in [0.2, 0.25) is 0 Å². The zero-order valence-electron chi connectivity index (χ0n) is 8.83. The SMILES string of the molecule is CCc1c(OC)nc(OC)nc1OC. The van der Waals surface area contributed by atoms with E-state index in [0.29, 0.717) is 11.8 Å². The van der Waals surface area contributed by atoms with Crippen LogP contribution in [0.3, 0.4) is 0 Å². The third-order valence-corrected chi connectivity index (χ3v) is 1.83. The molecule has 14 heavy (non-hydrogen) atoms. The number of ether oxygens (including phenoxy) is 3. The summed E-state index contributed by atoms with van der Waals surface area (Å²) in [6.45, 7) is 1.98. The van der Waals surface area contributed by atoms with Crippen LogP contribution in [-0.4, -0.2) is 31.3 Å². The second kappa shape index (κ2) is 4.64. The first-order valence-corrected chi connectivity index (χ1v) is 4.29. The number of aromatic nitrogens is 2. The van der Waals surface area contributed by atoms with Gasteiger partial charge >= 0.3 is 6.01 Å². The van der Waals surface area contributed by atoms with Gasteiger partial charge in [0.1, 0.15) is 0 Å². The molecule has 1 rings (SSSR count). The predicted octanol–water partition coefficient (Wildman–Crippen LogP) is 1.06. The smallest absolute Gasteiger partial charge is 0.322 e. The van der Waals surface area contributed by atoms with Crippen molar-refractivity contribution >= 4 is 0 Å². The molecule has 0 atom stereocenters. The highest BCUT2D eigenvalue weighted by Crippen LogP contribution is 2.27. The molecule has 0 amide bonds. The van der Waals surface area contributed by atoms with E-state index in [4.69, 9.17) is 14.2 Å². The number of hydrogen-bond donors (Lipinski definition) is 0. The minimum absolute atomic E-state index is 0.246. The normalized spacial score (nSPS) is 9.71. The van der Waals surface area contributed by atoms with E-state index in [1.165, 1.54) is 7.11 Å². The van der Waals surface area contributed by atoms with Crippen molar-refractivity contribution in [1.29, 1.82) is 0 Å². The minimum atomic E-state index is 0.246. The summed E-state index contributed by atoms with van der Waals surface area (Å²) in [5.41, 5.74) is 0.843. The number of hydrogen-bond acceptors (Lipinski definition) is 5. The lowest BCUT2D eigenvalue weighted by Crippen LogP contribution is -2.03. The molecular formula is C9H14N2O3. The summed E-state index contributed by atoms with van der Waals surface area (Å²) in [7, 11) is 4.61. The molecule has 0 aliphatic carbocycles. The summed E-state index contributed by atoms with van der Waals surface area (Å²) in [6, 6.07) is 0.246. The maximum atomic E-state index is 5.11. The van der Waals surface area contributed by atoms with Gasteiger partial charge in [0.15, 0.2) is 0 Å². The van der Waals surface area contributed by atoms with E-state index in [1.807, 2.05) is 6.92 Å². The van der Waals surface area contributed by atoms with Crippen molar-refractivity contribution in [3.63, 3.8) is 0 Å². The monoisotopic (exact) mass is 198 g/mol. The molecule has 0 aromatic carbocycles. The van der Waals surface area contributed by atoms with E-state index in [2.05, 4.69) is 9.97 Å². The van der Waals surface area contributed by atoms with Crippen molar-refractivity contribution in [2.75, 3.05) is 21.3 Å². The van der Waals surface area contributed by atoms with E-state index in [9.17, 15) is 0 Å². The molecule has 0 spiro atoms. The lowest BCUT2D eigenvalue weighted by Gasteiger charge is -2.10. The molecule has 5 heteroatoms. The van der Waals surface area contributed by atoms with Gasteiger partial charge in [-0.15, -0.1) is 0 Å². The molecule has 0 N–H and O–H groups in total. The van der Waals surface area contributed by atoms with Crippen molar-refractivity contribution in [3.8, 4) is 17.8 Å². The van der Waals surface area contributed by atoms with Gasteiger partial charge in [0.2, 0.25) is 11.8 Å². The van der Waals surface area contributed by atoms with Gasteiger partial charge in [0, 0.05) is 0 Å². The lowest BCUT2D eigenvalue weighted by atomic mass is 10.2. The van der Waals surface area contributed by atoms with E-state index in [1.54, 1.807) is 14.2 Å². The zero-order chi connectivity index (χ0) is 10.6. The van der Waals surface area contributed by atoms with E-state index in [-0.39, 0.29) is 6.01 Å². The fourth-order valence-corrected chi connectivity index (χ4v) is 1.16. The molecular weight excluding hydrogens is 184 g/mol. The number of methoxy groups -OCH3 is 3. The van der Waals surface area contributed by atoms with Crippen LogP contribution in [0.1, 0.15) is 12.5 Å². The van der Waals surface area contributed by atoms with Crippen LogP contribution in [0.25, 0.3) is 0 Å². The fourth-order valence-electron chi connectivity index (χ4n) is 1.16. The third kappa shape index (κ3) is 1.86. The van der Waals surface area contributed by atoms with Crippen LogP contribution < -0.4 is 14.2 Å². The molecule has 1 heterocycles. The Bertz CT molecular complexity index is 290. The molecule has 0 saturated heterocycles. The van der Waals surface area contributed by atoms with Gasteiger partial charge in [-0.05, 0) is 6.42 Å². The van der Waals surface area contributed by atoms with Crippen molar-refractivity contribution in [2.24, 2.45) is 0 Å². The van der Waals surface area contributed by atoms with Gasteiger partial charge in [-0.25, -0.2) is 0 Å². The molecule has 0 bridgehead atoms. The third-order valence-electron chi connectivity index (χ3n) is 1.83. The van der Waals surface area contributed by atoms with Crippen molar-refractivity contribution < 1.29 is 14.2 Å². The summed E-state index contributed by atoms with van der Waals surface area (Å²) in [5.74, 6) is 0.993. The Labute approximate surface area is 83.0 Å². The predicted molar refractivity (Wildman–Crippen MR) is 51.1 cm³/mol. The average molecular weight is 198 g/mol. The Balaban J connectivity index is 3.24. The molecule has 0 aliphatic rings. The van der Waals surface area contributed by atoms with Crippen molar-refractivity contribution in [3.05, 3.63) is 5.56 Å². The van der Waals surface area contributed by atoms with Gasteiger partial charge in [-0.2, -0.15) is 9.97 Å². The summed E-state index contributed by atoms with van der Waals surface area (Å²) in [6.07, 6.45) is 0.746. The van der Waals surface area contributed by atoms with Crippen LogP contribution in [0, 0.1) is 0 Å². The Morgan fingerprint density at radius 1 is 0.929 bits per heavy atom. The highest BCUT2D eigenvalue weighted by atomic mass is 16.5. The minimum Gasteiger partial charge on any atom is -0.481 e. The molecule has 1 aromatic rings. The first-order valence-electron chi connectivity index (χ1n) is 4.29. The number of nitrogens with zero attached hydrogens (tertiary/aromatic N) is 2. The van der Waals surface area contributed by atoms with E-state index >= 15 is 0 Å². The molecule has 0 fully saturated rings. The first-order chi connectivity index (χ1) is 6.76. The summed E-state index contributed by atoms with van der Waals surface area (Å²) in [4.78, 5) is 8.11. The van der Waals surface area contributed by atoms with E-state index < -0.39 is 0 Å².